The van der Waals surface area contributed by atoms with Crippen LogP contribution in [0.15, 0.2) is 29.2 Å². The molecule has 2 aliphatic carbocycles. The van der Waals surface area contributed by atoms with E-state index in [2.05, 4.69) is 4.90 Å². The standard InChI is InChI=1S/C21H33NOS/c23-20-12-14-21(15-13-20)24-17-7-16-22(18-8-3-1-4-9-18)19-10-5-2-6-11-19/h12-15,18-19,23H,1-11,16-17H2. The summed E-state index contributed by atoms with van der Waals surface area (Å²) in [6.07, 6.45) is 15.7. The van der Waals surface area contributed by atoms with Crippen LogP contribution < -0.4 is 0 Å². The Kier molecular flexibility index (Phi) is 7.34. The van der Waals surface area contributed by atoms with E-state index >= 15 is 0 Å². The van der Waals surface area contributed by atoms with E-state index in [-0.39, 0.29) is 0 Å². The number of hydrogen-bond acceptors (Lipinski definition) is 3. The molecule has 0 radical (unpaired) electrons. The fourth-order valence-corrected chi connectivity index (χ4v) is 5.31. The van der Waals surface area contributed by atoms with Crippen molar-refractivity contribution in [2.75, 3.05) is 12.3 Å². The maximum absolute atomic E-state index is 9.37. The molecule has 0 spiro atoms. The van der Waals surface area contributed by atoms with Crippen molar-refractivity contribution in [2.45, 2.75) is 87.6 Å². The summed E-state index contributed by atoms with van der Waals surface area (Å²) in [7, 11) is 0. The molecule has 1 aromatic rings. The summed E-state index contributed by atoms with van der Waals surface area (Å²) in [6.45, 7) is 1.28. The third kappa shape index (κ3) is 5.42. The van der Waals surface area contributed by atoms with Gasteiger partial charge in [-0.25, -0.2) is 0 Å². The minimum Gasteiger partial charge on any atom is -0.508 e. The Morgan fingerprint density at radius 1 is 0.833 bits per heavy atom. The summed E-state index contributed by atoms with van der Waals surface area (Å²) in [5.74, 6) is 1.54. The molecule has 0 heterocycles. The number of thioether (sulfide) groups is 1. The van der Waals surface area contributed by atoms with Crippen LogP contribution in [-0.2, 0) is 0 Å². The van der Waals surface area contributed by atoms with Gasteiger partial charge in [-0.1, -0.05) is 38.5 Å². The number of phenols is 1. The molecule has 2 saturated carbocycles. The first-order valence-corrected chi connectivity index (χ1v) is 11.0. The lowest BCUT2D eigenvalue weighted by Gasteiger charge is -2.41. The van der Waals surface area contributed by atoms with Crippen molar-refractivity contribution >= 4 is 11.8 Å². The van der Waals surface area contributed by atoms with E-state index in [1.807, 2.05) is 23.9 Å². The quantitative estimate of drug-likeness (QED) is 0.495. The molecule has 0 saturated heterocycles. The second-order valence-electron chi connectivity index (χ2n) is 7.52. The summed E-state index contributed by atoms with van der Waals surface area (Å²) in [6, 6.07) is 9.36. The molecule has 2 fully saturated rings. The van der Waals surface area contributed by atoms with Crippen LogP contribution in [0.25, 0.3) is 0 Å². The number of aromatic hydroxyl groups is 1. The van der Waals surface area contributed by atoms with Crippen LogP contribution in [0, 0.1) is 0 Å². The number of benzene rings is 1. The fraction of sp³-hybridized carbons (Fsp3) is 0.714. The summed E-state index contributed by atoms with van der Waals surface area (Å²) in [4.78, 5) is 4.19. The van der Waals surface area contributed by atoms with Gasteiger partial charge in [-0.15, -0.1) is 11.8 Å². The second kappa shape index (κ2) is 9.72. The lowest BCUT2D eigenvalue weighted by molar-refractivity contribution is 0.0813. The van der Waals surface area contributed by atoms with Crippen molar-refractivity contribution < 1.29 is 5.11 Å². The third-order valence-corrected chi connectivity index (χ3v) is 6.85. The lowest BCUT2D eigenvalue weighted by Crippen LogP contribution is -2.45. The second-order valence-corrected chi connectivity index (χ2v) is 8.69. The molecule has 24 heavy (non-hydrogen) atoms. The van der Waals surface area contributed by atoms with Gasteiger partial charge in [0, 0.05) is 17.0 Å². The molecule has 0 atom stereocenters. The monoisotopic (exact) mass is 347 g/mol. The van der Waals surface area contributed by atoms with Crippen LogP contribution in [0.2, 0.25) is 0 Å². The zero-order valence-corrected chi connectivity index (χ0v) is 15.8. The Hall–Kier alpha value is -0.670. The molecule has 2 aliphatic rings. The molecule has 0 amide bonds. The maximum atomic E-state index is 9.37. The highest BCUT2D eigenvalue weighted by molar-refractivity contribution is 7.99. The van der Waals surface area contributed by atoms with E-state index < -0.39 is 0 Å². The Morgan fingerprint density at radius 2 is 1.38 bits per heavy atom. The predicted octanol–water partition coefficient (Wildman–Crippen LogP) is 5.84. The average Bonchev–Trinajstić information content (AvgIpc) is 2.65. The van der Waals surface area contributed by atoms with Gasteiger partial charge in [-0.05, 0) is 68.7 Å². The van der Waals surface area contributed by atoms with E-state index in [0.29, 0.717) is 5.75 Å². The van der Waals surface area contributed by atoms with E-state index in [1.165, 1.54) is 87.8 Å². The van der Waals surface area contributed by atoms with Crippen molar-refractivity contribution in [3.8, 4) is 5.75 Å². The van der Waals surface area contributed by atoms with Gasteiger partial charge in [0.15, 0.2) is 0 Å². The normalized spacial score (nSPS) is 20.5. The van der Waals surface area contributed by atoms with Gasteiger partial charge in [0.1, 0.15) is 5.75 Å². The summed E-state index contributed by atoms with van der Waals surface area (Å²) in [5.41, 5.74) is 0. The van der Waals surface area contributed by atoms with Crippen LogP contribution in [0.3, 0.4) is 0 Å². The average molecular weight is 348 g/mol. The Balaban J connectivity index is 1.48. The molecular formula is C21H33NOS. The van der Waals surface area contributed by atoms with Gasteiger partial charge in [0.2, 0.25) is 0 Å². The van der Waals surface area contributed by atoms with Crippen LogP contribution in [0.4, 0.5) is 0 Å². The minimum atomic E-state index is 0.361. The Morgan fingerprint density at radius 3 is 1.92 bits per heavy atom. The zero-order chi connectivity index (χ0) is 16.6. The van der Waals surface area contributed by atoms with Crippen molar-refractivity contribution in [3.05, 3.63) is 24.3 Å². The highest BCUT2D eigenvalue weighted by Gasteiger charge is 2.28. The summed E-state index contributed by atoms with van der Waals surface area (Å²) >= 11 is 1.93. The molecule has 3 rings (SSSR count). The molecule has 2 nitrogen and oxygen atoms in total. The first-order chi connectivity index (χ1) is 11.8. The Labute approximate surface area is 152 Å². The van der Waals surface area contributed by atoms with E-state index in [0.717, 1.165) is 12.1 Å². The highest BCUT2D eigenvalue weighted by Crippen LogP contribution is 2.30. The minimum absolute atomic E-state index is 0.361. The van der Waals surface area contributed by atoms with Gasteiger partial charge >= 0.3 is 0 Å². The van der Waals surface area contributed by atoms with Crippen LogP contribution in [0.1, 0.15) is 70.6 Å². The summed E-state index contributed by atoms with van der Waals surface area (Å²) in [5, 5.41) is 9.37. The molecule has 0 unspecified atom stereocenters. The van der Waals surface area contributed by atoms with Crippen molar-refractivity contribution in [1.82, 2.24) is 4.90 Å². The predicted molar refractivity (Wildman–Crippen MR) is 104 cm³/mol. The lowest BCUT2D eigenvalue weighted by atomic mass is 9.88. The number of phenolic OH excluding ortho intramolecular Hbond substituents is 1. The molecule has 1 aromatic carbocycles. The van der Waals surface area contributed by atoms with Gasteiger partial charge in [-0.3, -0.25) is 4.90 Å². The molecular weight excluding hydrogens is 314 g/mol. The summed E-state index contributed by atoms with van der Waals surface area (Å²) < 4.78 is 0. The fourth-order valence-electron chi connectivity index (χ4n) is 4.47. The van der Waals surface area contributed by atoms with Crippen LogP contribution >= 0.6 is 11.8 Å². The molecule has 0 bridgehead atoms. The smallest absolute Gasteiger partial charge is 0.115 e. The number of rotatable bonds is 7. The first-order valence-electron chi connectivity index (χ1n) is 10.0. The van der Waals surface area contributed by atoms with Crippen molar-refractivity contribution in [3.63, 3.8) is 0 Å². The van der Waals surface area contributed by atoms with Gasteiger partial charge in [0.05, 0.1) is 0 Å². The number of nitrogens with zero attached hydrogens (tertiary/aromatic N) is 1. The third-order valence-electron chi connectivity index (χ3n) is 5.75. The SMILES string of the molecule is Oc1ccc(SCCCN(C2CCCCC2)C2CCCCC2)cc1. The topological polar surface area (TPSA) is 23.5 Å². The largest absolute Gasteiger partial charge is 0.508 e. The molecule has 0 aromatic heterocycles. The number of hydrogen-bond donors (Lipinski definition) is 1. The maximum Gasteiger partial charge on any atom is 0.115 e. The first kappa shape index (κ1) is 18.1. The van der Waals surface area contributed by atoms with Crippen molar-refractivity contribution in [1.29, 1.82) is 0 Å². The van der Waals surface area contributed by atoms with E-state index in [1.54, 1.807) is 12.1 Å². The molecule has 3 heteroatoms. The van der Waals surface area contributed by atoms with Crippen LogP contribution in [0.5, 0.6) is 5.75 Å². The highest BCUT2D eigenvalue weighted by atomic mass is 32.2. The van der Waals surface area contributed by atoms with E-state index in [4.69, 9.17) is 0 Å². The molecule has 0 aliphatic heterocycles. The van der Waals surface area contributed by atoms with Crippen molar-refractivity contribution in [2.24, 2.45) is 0 Å². The van der Waals surface area contributed by atoms with Gasteiger partial charge in [0.25, 0.3) is 0 Å². The van der Waals surface area contributed by atoms with Crippen LogP contribution in [-0.4, -0.2) is 34.4 Å². The Bertz CT molecular complexity index is 445. The molecule has 134 valence electrons. The van der Waals surface area contributed by atoms with E-state index in [9.17, 15) is 5.11 Å². The zero-order valence-electron chi connectivity index (χ0n) is 15.0. The van der Waals surface area contributed by atoms with Gasteiger partial charge in [-0.2, -0.15) is 0 Å². The molecule has 1 N–H and O–H groups in total. The van der Waals surface area contributed by atoms with Gasteiger partial charge < -0.3 is 5.11 Å².